The second-order valence-electron chi connectivity index (χ2n) is 8.26. The molecular weight excluding hydrogens is 376 g/mol. The number of hydrogen-bond acceptors (Lipinski definition) is 8. The number of aromatic nitrogens is 3. The van der Waals surface area contributed by atoms with Crippen LogP contribution >= 0.6 is 0 Å². The quantitative estimate of drug-likeness (QED) is 0.669. The monoisotopic (exact) mass is 400 g/mol. The molecule has 2 aromatic heterocycles. The van der Waals surface area contributed by atoms with Crippen LogP contribution < -0.4 is 21.5 Å². The highest BCUT2D eigenvalue weighted by Crippen LogP contribution is 2.55. The van der Waals surface area contributed by atoms with Crippen molar-refractivity contribution in [1.29, 1.82) is 0 Å². The van der Waals surface area contributed by atoms with E-state index in [2.05, 4.69) is 25.2 Å². The first kappa shape index (κ1) is 18.2. The van der Waals surface area contributed by atoms with Gasteiger partial charge in [0.1, 0.15) is 5.82 Å². The Hall–Kier alpha value is -2.88. The number of nitrogen functional groups attached to an aromatic ring is 1. The first-order valence-electron chi connectivity index (χ1n) is 9.86. The minimum absolute atomic E-state index is 0.105. The van der Waals surface area contributed by atoms with Crippen molar-refractivity contribution in [2.75, 3.05) is 30.3 Å². The number of hydrogen-bond donors (Lipinski definition) is 3. The molecule has 3 aliphatic rings. The molecule has 0 aliphatic carbocycles. The fourth-order valence-corrected chi connectivity index (χ4v) is 5.30. The number of anilines is 2. The molecule has 0 radical (unpaired) electrons. The van der Waals surface area contributed by atoms with Crippen molar-refractivity contribution >= 4 is 17.7 Å². The van der Waals surface area contributed by atoms with E-state index in [4.69, 9.17) is 14.9 Å². The fourth-order valence-electron chi connectivity index (χ4n) is 5.30. The number of fused-ring (bicyclic) bond motifs is 1. The Morgan fingerprint density at radius 1 is 1.45 bits per heavy atom. The van der Waals surface area contributed by atoms with Gasteiger partial charge in [-0.1, -0.05) is 0 Å². The summed E-state index contributed by atoms with van der Waals surface area (Å²) in [4.78, 5) is 37.3. The van der Waals surface area contributed by atoms with E-state index in [1.54, 1.807) is 13.8 Å². The van der Waals surface area contributed by atoms with Crippen molar-refractivity contribution in [3.05, 3.63) is 33.8 Å². The van der Waals surface area contributed by atoms with Crippen molar-refractivity contribution in [1.82, 2.24) is 20.3 Å². The largest absolute Gasteiger partial charge is 0.436 e. The van der Waals surface area contributed by atoms with Crippen LogP contribution in [0.3, 0.4) is 0 Å². The molecule has 3 aliphatic heterocycles. The predicted molar refractivity (Wildman–Crippen MR) is 104 cm³/mol. The van der Waals surface area contributed by atoms with E-state index < -0.39 is 0 Å². The topological polar surface area (TPSA) is 139 Å². The molecule has 0 saturated carbocycles. The van der Waals surface area contributed by atoms with E-state index in [9.17, 15) is 9.59 Å². The molecule has 5 rings (SSSR count). The van der Waals surface area contributed by atoms with Gasteiger partial charge in [-0.05, 0) is 19.8 Å². The van der Waals surface area contributed by atoms with Gasteiger partial charge in [0.2, 0.25) is 11.7 Å². The number of carbonyl (C=O) groups excluding carboxylic acids is 1. The Bertz CT molecular complexity index is 1030. The first-order chi connectivity index (χ1) is 13.8. The minimum Gasteiger partial charge on any atom is -0.436 e. The molecule has 1 spiro atoms. The van der Waals surface area contributed by atoms with Gasteiger partial charge in [0.15, 0.2) is 5.89 Å². The Morgan fingerprint density at radius 2 is 2.28 bits per heavy atom. The average Bonchev–Trinajstić information content (AvgIpc) is 3.38. The summed E-state index contributed by atoms with van der Waals surface area (Å²) >= 11 is 0. The van der Waals surface area contributed by atoms with Crippen molar-refractivity contribution < 1.29 is 13.9 Å². The summed E-state index contributed by atoms with van der Waals surface area (Å²) in [5.74, 6) is 1.61. The number of amides is 1. The molecule has 2 aromatic rings. The van der Waals surface area contributed by atoms with Crippen LogP contribution in [0.1, 0.15) is 35.0 Å². The maximum atomic E-state index is 12.5. The molecule has 29 heavy (non-hydrogen) atoms. The van der Waals surface area contributed by atoms with Crippen molar-refractivity contribution in [3.63, 3.8) is 0 Å². The summed E-state index contributed by atoms with van der Waals surface area (Å²) in [5.41, 5.74) is 5.77. The van der Waals surface area contributed by atoms with Crippen LogP contribution in [-0.4, -0.2) is 52.2 Å². The maximum absolute atomic E-state index is 12.5. The van der Waals surface area contributed by atoms with Crippen LogP contribution in [0.15, 0.2) is 15.3 Å². The van der Waals surface area contributed by atoms with Gasteiger partial charge in [0.25, 0.3) is 11.5 Å². The van der Waals surface area contributed by atoms with Crippen LogP contribution in [-0.2, 0) is 4.74 Å². The summed E-state index contributed by atoms with van der Waals surface area (Å²) in [6.45, 7) is 5.38. The molecule has 0 unspecified atom stereocenters. The summed E-state index contributed by atoms with van der Waals surface area (Å²) in [6.07, 6.45) is 2.08. The molecule has 4 N–H and O–H groups in total. The Morgan fingerprint density at radius 3 is 3.00 bits per heavy atom. The van der Waals surface area contributed by atoms with Crippen molar-refractivity contribution in [2.24, 2.45) is 11.8 Å². The molecule has 5 heterocycles. The minimum atomic E-state index is -0.270. The number of oxazole rings is 1. The lowest BCUT2D eigenvalue weighted by Crippen LogP contribution is -2.42. The number of carbonyl (C=O) groups is 1. The third kappa shape index (κ3) is 2.89. The van der Waals surface area contributed by atoms with Gasteiger partial charge in [-0.25, -0.2) is 4.98 Å². The van der Waals surface area contributed by atoms with E-state index in [0.717, 1.165) is 12.8 Å². The zero-order chi connectivity index (χ0) is 20.3. The van der Waals surface area contributed by atoms with Crippen LogP contribution in [0.2, 0.25) is 0 Å². The third-order valence-electron chi connectivity index (χ3n) is 6.46. The van der Waals surface area contributed by atoms with Crippen LogP contribution in [0.5, 0.6) is 0 Å². The lowest BCUT2D eigenvalue weighted by molar-refractivity contribution is 0.0141. The lowest BCUT2D eigenvalue weighted by Gasteiger charge is -2.29. The maximum Gasteiger partial charge on any atom is 0.289 e. The van der Waals surface area contributed by atoms with Gasteiger partial charge in [-0.2, -0.15) is 4.98 Å². The second kappa shape index (κ2) is 6.31. The molecule has 3 saturated heterocycles. The number of nitrogens with one attached hydrogen (secondary N) is 2. The predicted octanol–water partition coefficient (Wildman–Crippen LogP) is 0.371. The smallest absolute Gasteiger partial charge is 0.289 e. The van der Waals surface area contributed by atoms with E-state index in [1.807, 2.05) is 0 Å². The third-order valence-corrected chi connectivity index (χ3v) is 6.46. The average molecular weight is 400 g/mol. The number of ether oxygens (including phenoxy) is 1. The molecular formula is C19H24N6O4. The number of nitrogens with two attached hydrogens (primary N) is 1. The lowest BCUT2D eigenvalue weighted by atomic mass is 9.73. The van der Waals surface area contributed by atoms with E-state index in [0.29, 0.717) is 37.0 Å². The van der Waals surface area contributed by atoms with Crippen LogP contribution in [0.4, 0.5) is 11.8 Å². The molecule has 4 atom stereocenters. The molecule has 10 nitrogen and oxygen atoms in total. The normalized spacial score (nSPS) is 30.0. The van der Waals surface area contributed by atoms with Gasteiger partial charge in [0, 0.05) is 44.5 Å². The standard InChI is InChI=1S/C19H24N6O4/c1-9-16(28-10(2)22-9)17(27)21-6-11-12-7-25(8-19(12)4-3-13(11)29-19)14-5-15(26)24-18(20)23-14/h5,11-13H,3-4,6-8H2,1-2H3,(H,21,27)(H3,20,23,24,26)/t11-,12+,13+,19+/m0/s1. The van der Waals surface area contributed by atoms with Gasteiger partial charge < -0.3 is 25.1 Å². The second-order valence-corrected chi connectivity index (χ2v) is 8.26. The van der Waals surface area contributed by atoms with Gasteiger partial charge in [0.05, 0.1) is 17.4 Å². The number of rotatable bonds is 4. The molecule has 10 heteroatoms. The molecule has 154 valence electrons. The SMILES string of the molecule is Cc1nc(C)c(C(=O)NC[C@H]2[C@H]3CN(c4cc(=O)[nH]c(N)n4)C[C@]34CC[C@H]2O4)o1. The first-order valence-corrected chi connectivity index (χ1v) is 9.86. The Labute approximate surface area is 166 Å². The fraction of sp³-hybridized carbons (Fsp3) is 0.579. The summed E-state index contributed by atoms with van der Waals surface area (Å²) in [7, 11) is 0. The number of aryl methyl sites for hydroxylation is 2. The summed E-state index contributed by atoms with van der Waals surface area (Å²) in [6, 6.07) is 1.46. The highest BCUT2D eigenvalue weighted by Gasteiger charge is 2.63. The Kier molecular flexibility index (Phi) is 3.95. The van der Waals surface area contributed by atoms with Crippen molar-refractivity contribution in [2.45, 2.75) is 38.4 Å². The summed E-state index contributed by atoms with van der Waals surface area (Å²) in [5, 5.41) is 3.00. The van der Waals surface area contributed by atoms with Gasteiger partial charge in [-0.15, -0.1) is 0 Å². The highest BCUT2D eigenvalue weighted by molar-refractivity contribution is 5.92. The van der Waals surface area contributed by atoms with E-state index >= 15 is 0 Å². The molecule has 0 aromatic carbocycles. The number of nitrogens with zero attached hydrogens (tertiary/aromatic N) is 3. The van der Waals surface area contributed by atoms with Crippen LogP contribution in [0.25, 0.3) is 0 Å². The zero-order valence-electron chi connectivity index (χ0n) is 16.4. The molecule has 1 amide bonds. The van der Waals surface area contributed by atoms with Gasteiger partial charge in [-0.3, -0.25) is 14.6 Å². The van der Waals surface area contributed by atoms with Crippen molar-refractivity contribution in [3.8, 4) is 0 Å². The highest BCUT2D eigenvalue weighted by atomic mass is 16.5. The number of aromatic amines is 1. The molecule has 3 fully saturated rings. The van der Waals surface area contributed by atoms with Gasteiger partial charge >= 0.3 is 0 Å². The number of H-pyrrole nitrogens is 1. The van der Waals surface area contributed by atoms with E-state index in [1.165, 1.54) is 6.07 Å². The van der Waals surface area contributed by atoms with Crippen LogP contribution in [0, 0.1) is 25.7 Å². The zero-order valence-corrected chi connectivity index (χ0v) is 16.4. The summed E-state index contributed by atoms with van der Waals surface area (Å²) < 4.78 is 11.8. The Balaban J connectivity index is 1.32. The molecule has 2 bridgehead atoms. The van der Waals surface area contributed by atoms with E-state index in [-0.39, 0.29) is 46.7 Å².